The highest BCUT2D eigenvalue weighted by Crippen LogP contribution is 2.02. The average molecular weight is 267 g/mol. The summed E-state index contributed by atoms with van der Waals surface area (Å²) in [6.45, 7) is 5.96. The van der Waals surface area contributed by atoms with Crippen molar-refractivity contribution in [1.82, 2.24) is 14.5 Å². The molecule has 0 radical (unpaired) electrons. The monoisotopic (exact) mass is 267 g/mol. The van der Waals surface area contributed by atoms with Crippen molar-refractivity contribution in [3.05, 3.63) is 33.1 Å². The lowest BCUT2D eigenvalue weighted by molar-refractivity contribution is 0.436. The van der Waals surface area contributed by atoms with Crippen molar-refractivity contribution in [1.29, 1.82) is 0 Å². The number of hydrogen-bond donors (Lipinski definition) is 1. The second kappa shape index (κ2) is 7.94. The van der Waals surface area contributed by atoms with Crippen LogP contribution in [0, 0.1) is 0 Å². The lowest BCUT2D eigenvalue weighted by atomic mass is 10.1. The molecule has 1 atom stereocenters. The molecule has 1 aromatic rings. The molecule has 1 heterocycles. The molecule has 1 rings (SSSR count). The summed E-state index contributed by atoms with van der Waals surface area (Å²) in [5.41, 5.74) is -0.891. The molecule has 0 saturated carbocycles. The van der Waals surface area contributed by atoms with Gasteiger partial charge in [-0.05, 0) is 32.2 Å². The smallest absolute Gasteiger partial charge is 0.314 e. The lowest BCUT2D eigenvalue weighted by Crippen LogP contribution is -2.39. The third-order valence-electron chi connectivity index (χ3n) is 3.36. The minimum absolute atomic E-state index is 0.431. The van der Waals surface area contributed by atoms with E-state index in [2.05, 4.69) is 19.2 Å². The van der Waals surface area contributed by atoms with E-state index in [4.69, 9.17) is 0 Å². The van der Waals surface area contributed by atoms with Gasteiger partial charge in [-0.3, -0.25) is 9.59 Å². The average Bonchev–Trinajstić information content (AvgIpc) is 2.42. The van der Waals surface area contributed by atoms with Crippen molar-refractivity contribution in [2.75, 3.05) is 6.54 Å². The summed E-state index contributed by atoms with van der Waals surface area (Å²) in [4.78, 5) is 23.2. The summed E-state index contributed by atoms with van der Waals surface area (Å²) in [6, 6.07) is 0.502. The standard InChI is InChI=1S/C14H25N3O2/c1-4-8-15-12(5-2)7-6-9-17-11-10-16(3)13(18)14(17)19/h10-12,15H,4-9H2,1-3H3. The molecule has 19 heavy (non-hydrogen) atoms. The predicted octanol–water partition coefficient (Wildman–Crippen LogP) is 1.11. The second-order valence-electron chi connectivity index (χ2n) is 4.91. The Hall–Kier alpha value is -1.36. The zero-order valence-electron chi connectivity index (χ0n) is 12.2. The van der Waals surface area contributed by atoms with Crippen molar-refractivity contribution >= 4 is 0 Å². The quantitative estimate of drug-likeness (QED) is 0.718. The SMILES string of the molecule is CCCNC(CC)CCCn1ccn(C)c(=O)c1=O. The summed E-state index contributed by atoms with van der Waals surface area (Å²) in [6.07, 6.45) is 7.47. The molecule has 5 nitrogen and oxygen atoms in total. The van der Waals surface area contributed by atoms with Crippen LogP contribution < -0.4 is 16.4 Å². The molecule has 1 aromatic heterocycles. The molecule has 0 aliphatic rings. The summed E-state index contributed by atoms with van der Waals surface area (Å²) in [5.74, 6) is 0. The van der Waals surface area contributed by atoms with E-state index in [-0.39, 0.29) is 0 Å². The second-order valence-corrected chi connectivity index (χ2v) is 4.91. The number of nitrogens with zero attached hydrogens (tertiary/aromatic N) is 2. The third-order valence-corrected chi connectivity index (χ3v) is 3.36. The fourth-order valence-electron chi connectivity index (χ4n) is 2.07. The van der Waals surface area contributed by atoms with Gasteiger partial charge in [0.2, 0.25) is 0 Å². The van der Waals surface area contributed by atoms with Gasteiger partial charge in [-0.2, -0.15) is 0 Å². The maximum Gasteiger partial charge on any atom is 0.316 e. The van der Waals surface area contributed by atoms with Gasteiger partial charge >= 0.3 is 11.1 Å². The summed E-state index contributed by atoms with van der Waals surface area (Å²) < 4.78 is 2.82. The number of rotatable bonds is 8. The van der Waals surface area contributed by atoms with Gasteiger partial charge in [-0.25, -0.2) is 0 Å². The van der Waals surface area contributed by atoms with Gasteiger partial charge < -0.3 is 14.5 Å². The Morgan fingerprint density at radius 1 is 1.21 bits per heavy atom. The van der Waals surface area contributed by atoms with Crippen molar-refractivity contribution in [3.8, 4) is 0 Å². The van der Waals surface area contributed by atoms with Gasteiger partial charge in [0, 0.05) is 32.0 Å². The Balaban J connectivity index is 2.51. The van der Waals surface area contributed by atoms with Crippen LogP contribution in [0.4, 0.5) is 0 Å². The molecule has 0 fully saturated rings. The molecule has 0 saturated heterocycles. The van der Waals surface area contributed by atoms with Gasteiger partial charge in [0.05, 0.1) is 0 Å². The van der Waals surface area contributed by atoms with Crippen LogP contribution in [-0.2, 0) is 13.6 Å². The Bertz CT molecular complexity index is 490. The Morgan fingerprint density at radius 3 is 2.58 bits per heavy atom. The first-order valence-corrected chi connectivity index (χ1v) is 7.09. The Morgan fingerprint density at radius 2 is 1.95 bits per heavy atom. The van der Waals surface area contributed by atoms with E-state index in [1.807, 2.05) is 0 Å². The van der Waals surface area contributed by atoms with Gasteiger partial charge in [0.15, 0.2) is 0 Å². The third kappa shape index (κ3) is 4.67. The number of nitrogens with one attached hydrogen (secondary N) is 1. The van der Waals surface area contributed by atoms with Gasteiger partial charge in [-0.15, -0.1) is 0 Å². The molecule has 0 aliphatic carbocycles. The molecule has 0 aromatic carbocycles. The lowest BCUT2D eigenvalue weighted by Gasteiger charge is -2.16. The zero-order chi connectivity index (χ0) is 14.3. The highest BCUT2D eigenvalue weighted by molar-refractivity contribution is 4.84. The van der Waals surface area contributed by atoms with Gasteiger partial charge in [-0.1, -0.05) is 13.8 Å². The van der Waals surface area contributed by atoms with E-state index in [0.29, 0.717) is 12.6 Å². The Kier molecular flexibility index (Phi) is 6.56. The van der Waals surface area contributed by atoms with E-state index in [9.17, 15) is 9.59 Å². The fourth-order valence-corrected chi connectivity index (χ4v) is 2.07. The van der Waals surface area contributed by atoms with Crippen LogP contribution in [0.3, 0.4) is 0 Å². The molecule has 1 N–H and O–H groups in total. The molecule has 0 amide bonds. The summed E-state index contributed by atoms with van der Waals surface area (Å²) in [5, 5.41) is 3.49. The molecule has 5 heteroatoms. The molecule has 0 aliphatic heterocycles. The van der Waals surface area contributed by atoms with Crippen LogP contribution in [0.5, 0.6) is 0 Å². The Labute approximate surface area is 114 Å². The highest BCUT2D eigenvalue weighted by atomic mass is 16.2. The summed E-state index contributed by atoms with van der Waals surface area (Å²) in [7, 11) is 1.59. The highest BCUT2D eigenvalue weighted by Gasteiger charge is 2.06. The van der Waals surface area contributed by atoms with E-state index >= 15 is 0 Å². The predicted molar refractivity (Wildman–Crippen MR) is 77.5 cm³/mol. The van der Waals surface area contributed by atoms with Crippen LogP contribution in [0.2, 0.25) is 0 Å². The zero-order valence-corrected chi connectivity index (χ0v) is 12.2. The largest absolute Gasteiger partial charge is 0.316 e. The maximum absolute atomic E-state index is 11.7. The minimum atomic E-state index is -0.460. The van der Waals surface area contributed by atoms with Crippen molar-refractivity contribution in [3.63, 3.8) is 0 Å². The van der Waals surface area contributed by atoms with Crippen LogP contribution >= 0.6 is 0 Å². The minimum Gasteiger partial charge on any atom is -0.314 e. The normalized spacial score (nSPS) is 12.6. The van der Waals surface area contributed by atoms with E-state index < -0.39 is 11.1 Å². The van der Waals surface area contributed by atoms with Crippen LogP contribution in [0.15, 0.2) is 22.0 Å². The van der Waals surface area contributed by atoms with Crippen molar-refractivity contribution in [2.24, 2.45) is 7.05 Å². The van der Waals surface area contributed by atoms with E-state index in [1.54, 1.807) is 19.4 Å². The maximum atomic E-state index is 11.7. The van der Waals surface area contributed by atoms with E-state index in [1.165, 1.54) is 9.13 Å². The summed E-state index contributed by atoms with van der Waals surface area (Å²) >= 11 is 0. The number of aromatic nitrogens is 2. The molecular weight excluding hydrogens is 242 g/mol. The van der Waals surface area contributed by atoms with Crippen LogP contribution in [0.25, 0.3) is 0 Å². The van der Waals surface area contributed by atoms with Gasteiger partial charge in [0.25, 0.3) is 0 Å². The molecule has 1 unspecified atom stereocenters. The molecule has 108 valence electrons. The van der Waals surface area contributed by atoms with Crippen molar-refractivity contribution < 1.29 is 0 Å². The first-order chi connectivity index (χ1) is 9.10. The molecular formula is C14H25N3O2. The fraction of sp³-hybridized carbons (Fsp3) is 0.714. The number of hydrogen-bond acceptors (Lipinski definition) is 3. The van der Waals surface area contributed by atoms with E-state index in [0.717, 1.165) is 32.2 Å². The molecule has 0 spiro atoms. The van der Waals surface area contributed by atoms with Gasteiger partial charge in [0.1, 0.15) is 0 Å². The van der Waals surface area contributed by atoms with Crippen LogP contribution in [0.1, 0.15) is 39.5 Å². The number of aryl methyl sites for hydroxylation is 2. The topological polar surface area (TPSA) is 56.0 Å². The van der Waals surface area contributed by atoms with Crippen molar-refractivity contribution in [2.45, 2.75) is 52.1 Å². The molecule has 0 bridgehead atoms. The van der Waals surface area contributed by atoms with Crippen LogP contribution in [-0.4, -0.2) is 21.7 Å². The first-order valence-electron chi connectivity index (χ1n) is 7.09. The first kappa shape index (κ1) is 15.7.